The van der Waals surface area contributed by atoms with Gasteiger partial charge in [0, 0.05) is 46.1 Å². The Morgan fingerprint density at radius 2 is 1.81 bits per heavy atom. The van der Waals surface area contributed by atoms with Gasteiger partial charge in [-0.15, -0.1) is 0 Å². The molecule has 0 spiro atoms. The van der Waals surface area contributed by atoms with Gasteiger partial charge in [0.25, 0.3) is 0 Å². The maximum Gasteiger partial charge on any atom is 0.410 e. The molecule has 1 saturated heterocycles. The van der Waals surface area contributed by atoms with Crippen molar-refractivity contribution >= 4 is 54.1 Å². The van der Waals surface area contributed by atoms with Crippen LogP contribution in [0, 0.1) is 10.5 Å². The van der Waals surface area contributed by atoms with Gasteiger partial charge in [-0.25, -0.2) is 13.2 Å². The van der Waals surface area contributed by atoms with Crippen LogP contribution in [0.3, 0.4) is 0 Å². The largest absolute Gasteiger partial charge is 0.444 e. The van der Waals surface area contributed by atoms with E-state index in [1.165, 1.54) is 0 Å². The molecule has 1 aliphatic rings. The summed E-state index contributed by atoms with van der Waals surface area (Å²) in [5.74, 6) is -0.192. The Balaban J connectivity index is 2.11. The maximum absolute atomic E-state index is 12.2. The molecule has 1 aromatic rings. The number of rotatable bonds is 3. The smallest absolute Gasteiger partial charge is 0.410 e. The van der Waals surface area contributed by atoms with Crippen LogP contribution in [0.4, 0.5) is 10.5 Å². The molecule has 146 valence electrons. The van der Waals surface area contributed by atoms with E-state index in [9.17, 15) is 13.2 Å². The molecule has 26 heavy (non-hydrogen) atoms. The maximum atomic E-state index is 12.2. The number of amides is 1. The SMILES string of the molecule is Cc1c(I)cc(N2CCN(C(=O)OC(C)(C)C)CC2)cc1CS(=O)(=O)Cl. The average molecular weight is 515 g/mol. The zero-order valence-electron chi connectivity index (χ0n) is 15.4. The number of benzene rings is 1. The Labute approximate surface area is 173 Å². The molecule has 1 aromatic carbocycles. The van der Waals surface area contributed by atoms with E-state index < -0.39 is 14.7 Å². The summed E-state index contributed by atoms with van der Waals surface area (Å²) < 4.78 is 29.4. The third-order valence-electron chi connectivity index (χ3n) is 4.06. The van der Waals surface area contributed by atoms with Crippen molar-refractivity contribution in [1.82, 2.24) is 4.90 Å². The Morgan fingerprint density at radius 1 is 1.23 bits per heavy atom. The van der Waals surface area contributed by atoms with Crippen molar-refractivity contribution < 1.29 is 17.9 Å². The predicted octanol–water partition coefficient (Wildman–Crippen LogP) is 3.73. The minimum absolute atomic E-state index is 0.192. The van der Waals surface area contributed by atoms with Gasteiger partial charge in [-0.05, 0) is 73.5 Å². The number of ether oxygens (including phenoxy) is 1. The molecule has 0 atom stereocenters. The lowest BCUT2D eigenvalue weighted by atomic mass is 10.1. The number of carbonyl (C=O) groups is 1. The van der Waals surface area contributed by atoms with E-state index in [2.05, 4.69) is 27.5 Å². The fourth-order valence-corrected chi connectivity index (χ4v) is 4.40. The zero-order chi connectivity index (χ0) is 19.7. The van der Waals surface area contributed by atoms with Gasteiger partial charge in [-0.1, -0.05) is 0 Å². The van der Waals surface area contributed by atoms with Gasteiger partial charge in [-0.2, -0.15) is 0 Å². The van der Waals surface area contributed by atoms with E-state index in [1.54, 1.807) is 4.90 Å². The minimum atomic E-state index is -3.62. The number of halogens is 2. The lowest BCUT2D eigenvalue weighted by molar-refractivity contribution is 0.0240. The molecule has 1 fully saturated rings. The number of anilines is 1. The second-order valence-electron chi connectivity index (χ2n) is 7.35. The number of piperazine rings is 1. The van der Waals surface area contributed by atoms with Crippen LogP contribution in [0.15, 0.2) is 12.1 Å². The summed E-state index contributed by atoms with van der Waals surface area (Å²) in [6, 6.07) is 3.91. The number of nitrogens with zero attached hydrogens (tertiary/aromatic N) is 2. The zero-order valence-corrected chi connectivity index (χ0v) is 19.1. The molecule has 0 saturated carbocycles. The van der Waals surface area contributed by atoms with Crippen LogP contribution in [0.1, 0.15) is 31.9 Å². The molecule has 0 radical (unpaired) electrons. The van der Waals surface area contributed by atoms with Gasteiger partial charge in [0.2, 0.25) is 9.05 Å². The van der Waals surface area contributed by atoms with Crippen LogP contribution in [-0.2, 0) is 19.5 Å². The van der Waals surface area contributed by atoms with Crippen molar-refractivity contribution in [2.45, 2.75) is 39.0 Å². The molecular formula is C17H24ClIN2O4S. The minimum Gasteiger partial charge on any atom is -0.444 e. The first kappa shape index (κ1) is 21.6. The quantitative estimate of drug-likeness (QED) is 0.454. The Hall–Kier alpha value is -0.740. The lowest BCUT2D eigenvalue weighted by Gasteiger charge is -2.37. The highest BCUT2D eigenvalue weighted by Gasteiger charge is 2.26. The van der Waals surface area contributed by atoms with Gasteiger partial charge in [-0.3, -0.25) is 0 Å². The van der Waals surface area contributed by atoms with Crippen molar-refractivity contribution in [3.05, 3.63) is 26.8 Å². The van der Waals surface area contributed by atoms with Crippen molar-refractivity contribution in [1.29, 1.82) is 0 Å². The van der Waals surface area contributed by atoms with Crippen LogP contribution >= 0.6 is 33.3 Å². The Kier molecular flexibility index (Phi) is 6.71. The predicted molar refractivity (Wildman–Crippen MR) is 112 cm³/mol. The molecule has 1 amide bonds. The average Bonchev–Trinajstić information content (AvgIpc) is 2.49. The summed E-state index contributed by atoms with van der Waals surface area (Å²) in [6.45, 7) is 9.87. The molecule has 1 heterocycles. The topological polar surface area (TPSA) is 66.9 Å². The summed E-state index contributed by atoms with van der Waals surface area (Å²) in [5.41, 5.74) is 2.06. The third-order valence-corrected chi connectivity index (χ3v) is 6.16. The summed E-state index contributed by atoms with van der Waals surface area (Å²) in [7, 11) is 1.81. The molecule has 0 bridgehead atoms. The standard InChI is InChI=1S/C17H24ClIN2O4S/c1-12-13(11-26(18,23)24)9-14(10-15(12)19)20-5-7-21(8-6-20)16(22)25-17(2,3)4/h9-10H,5-8,11H2,1-4H3. The first-order chi connectivity index (χ1) is 11.9. The molecular weight excluding hydrogens is 491 g/mol. The summed E-state index contributed by atoms with van der Waals surface area (Å²) in [6.07, 6.45) is -0.301. The normalized spacial score (nSPS) is 15.9. The van der Waals surface area contributed by atoms with Gasteiger partial charge in [0.1, 0.15) is 5.60 Å². The molecule has 0 aliphatic carbocycles. The Morgan fingerprint density at radius 3 is 2.31 bits per heavy atom. The third kappa shape index (κ3) is 6.16. The number of carbonyl (C=O) groups excluding carboxylic acids is 1. The molecule has 6 nitrogen and oxygen atoms in total. The van der Waals surface area contributed by atoms with E-state index in [-0.39, 0.29) is 11.8 Å². The van der Waals surface area contributed by atoms with Crippen molar-refractivity contribution in [3.8, 4) is 0 Å². The molecule has 0 unspecified atom stereocenters. The summed E-state index contributed by atoms with van der Waals surface area (Å²) >= 11 is 2.20. The number of hydrogen-bond acceptors (Lipinski definition) is 5. The molecule has 2 rings (SSSR count). The van der Waals surface area contributed by atoms with Gasteiger partial charge in [0.15, 0.2) is 0 Å². The molecule has 9 heteroatoms. The van der Waals surface area contributed by atoms with E-state index >= 15 is 0 Å². The fourth-order valence-electron chi connectivity index (χ4n) is 2.71. The highest BCUT2D eigenvalue weighted by atomic mass is 127. The molecule has 0 aromatic heterocycles. The monoisotopic (exact) mass is 514 g/mol. The summed E-state index contributed by atoms with van der Waals surface area (Å²) in [4.78, 5) is 16.0. The highest BCUT2D eigenvalue weighted by molar-refractivity contribution is 14.1. The van der Waals surface area contributed by atoms with Crippen LogP contribution in [0.2, 0.25) is 0 Å². The summed E-state index contributed by atoms with van der Waals surface area (Å²) in [5, 5.41) is 0. The van der Waals surface area contributed by atoms with Crippen LogP contribution in [0.5, 0.6) is 0 Å². The van der Waals surface area contributed by atoms with E-state index in [4.69, 9.17) is 15.4 Å². The van der Waals surface area contributed by atoms with E-state index in [0.29, 0.717) is 31.7 Å². The number of hydrogen-bond donors (Lipinski definition) is 0. The van der Waals surface area contributed by atoms with E-state index in [0.717, 1.165) is 14.8 Å². The van der Waals surface area contributed by atoms with Crippen molar-refractivity contribution in [3.63, 3.8) is 0 Å². The molecule has 0 N–H and O–H groups in total. The van der Waals surface area contributed by atoms with Crippen molar-refractivity contribution in [2.75, 3.05) is 31.1 Å². The van der Waals surface area contributed by atoms with E-state index in [1.807, 2.05) is 39.8 Å². The van der Waals surface area contributed by atoms with Gasteiger partial charge >= 0.3 is 6.09 Å². The second kappa shape index (κ2) is 8.10. The van der Waals surface area contributed by atoms with Gasteiger partial charge < -0.3 is 14.5 Å². The second-order valence-corrected chi connectivity index (χ2v) is 11.3. The Bertz CT molecular complexity index is 785. The van der Waals surface area contributed by atoms with Crippen LogP contribution in [-0.4, -0.2) is 51.2 Å². The molecule has 1 aliphatic heterocycles. The van der Waals surface area contributed by atoms with Crippen LogP contribution in [0.25, 0.3) is 0 Å². The highest BCUT2D eigenvalue weighted by Crippen LogP contribution is 2.28. The first-order valence-electron chi connectivity index (χ1n) is 8.30. The van der Waals surface area contributed by atoms with Gasteiger partial charge in [0.05, 0.1) is 5.75 Å². The first-order valence-corrected chi connectivity index (χ1v) is 11.9. The van der Waals surface area contributed by atoms with Crippen LogP contribution < -0.4 is 4.90 Å². The fraction of sp³-hybridized carbons (Fsp3) is 0.588. The lowest BCUT2D eigenvalue weighted by Crippen LogP contribution is -2.50. The van der Waals surface area contributed by atoms with Crippen molar-refractivity contribution in [2.24, 2.45) is 0 Å².